The summed E-state index contributed by atoms with van der Waals surface area (Å²) in [6, 6.07) is 25.5. The second-order valence-electron chi connectivity index (χ2n) is 8.45. The Bertz CT molecular complexity index is 924. The van der Waals surface area contributed by atoms with Crippen molar-refractivity contribution in [2.45, 2.75) is 44.9 Å². The molecule has 0 amide bonds. The van der Waals surface area contributed by atoms with Gasteiger partial charge < -0.3 is 9.47 Å². The van der Waals surface area contributed by atoms with Crippen molar-refractivity contribution in [3.8, 4) is 17.2 Å². The predicted octanol–water partition coefficient (Wildman–Crippen LogP) is 7.44. The van der Waals surface area contributed by atoms with E-state index < -0.39 is 8.07 Å². The van der Waals surface area contributed by atoms with Crippen LogP contribution in [0.1, 0.15) is 24.5 Å². The zero-order chi connectivity index (χ0) is 21.4. The first-order chi connectivity index (χ1) is 14.4. The first-order valence-electron chi connectivity index (χ1n) is 10.7. The molecule has 0 fully saturated rings. The summed E-state index contributed by atoms with van der Waals surface area (Å²) in [6.45, 7) is 7.58. The number of ether oxygens (including phenoxy) is 2. The normalized spacial score (nSPS) is 11.3. The molecule has 0 aliphatic heterocycles. The van der Waals surface area contributed by atoms with Gasteiger partial charge in [-0.05, 0) is 61.4 Å². The minimum Gasteiger partial charge on any atom is -0.494 e. The highest BCUT2D eigenvalue weighted by atomic mass is 28.3. The molecule has 0 N–H and O–H groups in total. The number of hydrogen-bond donors (Lipinski definition) is 0. The first-order valence-corrected chi connectivity index (χ1v) is 14.1. The van der Waals surface area contributed by atoms with E-state index in [1.807, 2.05) is 49.4 Å². The van der Waals surface area contributed by atoms with Crippen molar-refractivity contribution in [2.24, 2.45) is 0 Å². The van der Waals surface area contributed by atoms with Crippen molar-refractivity contribution in [2.75, 3.05) is 6.61 Å². The molecule has 0 aliphatic rings. The number of rotatable bonds is 10. The Labute approximate surface area is 180 Å². The van der Waals surface area contributed by atoms with Gasteiger partial charge >= 0.3 is 0 Å². The zero-order valence-corrected chi connectivity index (χ0v) is 19.2. The minimum atomic E-state index is -1.37. The molecule has 30 heavy (non-hydrogen) atoms. The van der Waals surface area contributed by atoms with E-state index in [2.05, 4.69) is 37.4 Å². The van der Waals surface area contributed by atoms with Crippen LogP contribution in [0.2, 0.25) is 19.1 Å². The van der Waals surface area contributed by atoms with Crippen molar-refractivity contribution < 1.29 is 13.9 Å². The van der Waals surface area contributed by atoms with Crippen LogP contribution in [0.15, 0.2) is 72.8 Å². The van der Waals surface area contributed by atoms with E-state index >= 15 is 0 Å². The molecule has 4 heteroatoms. The van der Waals surface area contributed by atoms with Crippen LogP contribution in [0.5, 0.6) is 17.2 Å². The molecule has 3 aromatic rings. The zero-order valence-electron chi connectivity index (χ0n) is 18.2. The molecule has 3 rings (SSSR count). The van der Waals surface area contributed by atoms with E-state index in [-0.39, 0.29) is 5.82 Å². The average molecular weight is 423 g/mol. The summed E-state index contributed by atoms with van der Waals surface area (Å²) in [4.78, 5) is 0. The Balaban J connectivity index is 1.54. The molecule has 0 unspecified atom stereocenters. The van der Waals surface area contributed by atoms with E-state index in [0.29, 0.717) is 18.1 Å². The standard InChI is InChI=1S/C26H31FO2Si/c1-4-28-23-15-12-22(13-16-23)20-30(2,3)18-8-9-21-14-17-25(27)26(19-21)29-24-10-6-5-7-11-24/h5-7,10-17,19H,4,8-9,18,20H2,1-3H3. The van der Waals surface area contributed by atoms with Gasteiger partial charge in [0, 0.05) is 0 Å². The third kappa shape index (κ3) is 6.73. The van der Waals surface area contributed by atoms with Gasteiger partial charge in [-0.1, -0.05) is 67.5 Å². The molecule has 0 saturated carbocycles. The van der Waals surface area contributed by atoms with Gasteiger partial charge in [0.15, 0.2) is 11.6 Å². The van der Waals surface area contributed by atoms with Crippen LogP contribution in [-0.4, -0.2) is 14.7 Å². The van der Waals surface area contributed by atoms with E-state index in [4.69, 9.17) is 9.47 Å². The van der Waals surface area contributed by atoms with Crippen LogP contribution in [0, 0.1) is 5.82 Å². The number of halogens is 1. The van der Waals surface area contributed by atoms with Crippen LogP contribution >= 0.6 is 0 Å². The summed E-state index contributed by atoms with van der Waals surface area (Å²) in [6.07, 6.45) is 2.04. The quantitative estimate of drug-likeness (QED) is 0.316. The third-order valence-corrected chi connectivity index (χ3v) is 8.28. The summed E-state index contributed by atoms with van der Waals surface area (Å²) in [5.41, 5.74) is 2.50. The number of benzene rings is 3. The number of para-hydroxylation sites is 1. The highest BCUT2D eigenvalue weighted by Crippen LogP contribution is 2.27. The largest absolute Gasteiger partial charge is 0.494 e. The summed E-state index contributed by atoms with van der Waals surface area (Å²) >= 11 is 0. The van der Waals surface area contributed by atoms with Gasteiger partial charge in [-0.15, -0.1) is 0 Å². The maximum Gasteiger partial charge on any atom is 0.165 e. The fourth-order valence-corrected chi connectivity index (χ4v) is 6.33. The van der Waals surface area contributed by atoms with Crippen LogP contribution in [0.4, 0.5) is 4.39 Å². The van der Waals surface area contributed by atoms with Crippen LogP contribution in [0.3, 0.4) is 0 Å². The van der Waals surface area contributed by atoms with Crippen molar-refractivity contribution in [1.29, 1.82) is 0 Å². The maximum absolute atomic E-state index is 14.2. The van der Waals surface area contributed by atoms with Gasteiger partial charge in [0.1, 0.15) is 11.5 Å². The Hall–Kier alpha value is -2.59. The molecule has 3 aromatic carbocycles. The lowest BCUT2D eigenvalue weighted by Crippen LogP contribution is -2.29. The summed E-state index contributed by atoms with van der Waals surface area (Å²) in [5.74, 6) is 1.56. The van der Waals surface area contributed by atoms with E-state index in [1.165, 1.54) is 17.7 Å². The SMILES string of the molecule is CCOc1ccc(C[Si](C)(C)CCCc2ccc(F)c(Oc3ccccc3)c2)cc1. The van der Waals surface area contributed by atoms with Crippen LogP contribution in [0.25, 0.3) is 0 Å². The van der Waals surface area contributed by atoms with Gasteiger partial charge in [-0.2, -0.15) is 0 Å². The highest BCUT2D eigenvalue weighted by Gasteiger charge is 2.21. The second-order valence-corrected chi connectivity index (χ2v) is 13.6. The Morgan fingerprint density at radius 3 is 2.23 bits per heavy atom. The molecular weight excluding hydrogens is 391 g/mol. The van der Waals surface area contributed by atoms with Gasteiger partial charge in [0.25, 0.3) is 0 Å². The molecule has 0 atom stereocenters. The Kier molecular flexibility index (Phi) is 7.69. The van der Waals surface area contributed by atoms with E-state index in [0.717, 1.165) is 30.2 Å². The minimum absolute atomic E-state index is 0.296. The summed E-state index contributed by atoms with van der Waals surface area (Å²) in [5, 5.41) is 0. The number of hydrogen-bond acceptors (Lipinski definition) is 2. The second kappa shape index (κ2) is 10.4. The summed E-state index contributed by atoms with van der Waals surface area (Å²) in [7, 11) is -1.37. The lowest BCUT2D eigenvalue weighted by molar-refractivity contribution is 0.340. The molecule has 0 heterocycles. The third-order valence-electron chi connectivity index (χ3n) is 5.20. The molecule has 0 aromatic heterocycles. The monoisotopic (exact) mass is 422 g/mol. The molecule has 0 saturated heterocycles. The van der Waals surface area contributed by atoms with Crippen molar-refractivity contribution in [3.63, 3.8) is 0 Å². The Morgan fingerprint density at radius 1 is 0.833 bits per heavy atom. The molecule has 0 aliphatic carbocycles. The molecule has 0 spiro atoms. The maximum atomic E-state index is 14.2. The average Bonchev–Trinajstić information content (AvgIpc) is 2.72. The fraction of sp³-hybridized carbons (Fsp3) is 0.308. The lowest BCUT2D eigenvalue weighted by atomic mass is 10.1. The molecular formula is C26H31FO2Si. The predicted molar refractivity (Wildman–Crippen MR) is 125 cm³/mol. The summed E-state index contributed by atoms with van der Waals surface area (Å²) < 4.78 is 25.4. The highest BCUT2D eigenvalue weighted by molar-refractivity contribution is 6.76. The molecule has 0 radical (unpaired) electrons. The molecule has 0 bridgehead atoms. The van der Waals surface area contributed by atoms with Crippen LogP contribution < -0.4 is 9.47 Å². The van der Waals surface area contributed by atoms with Crippen molar-refractivity contribution in [1.82, 2.24) is 0 Å². The van der Waals surface area contributed by atoms with E-state index in [9.17, 15) is 4.39 Å². The molecule has 158 valence electrons. The van der Waals surface area contributed by atoms with Gasteiger partial charge in [-0.3, -0.25) is 0 Å². The fourth-order valence-electron chi connectivity index (χ4n) is 3.68. The van der Waals surface area contributed by atoms with Gasteiger partial charge in [-0.25, -0.2) is 4.39 Å². The first kappa shape index (κ1) is 22.1. The smallest absolute Gasteiger partial charge is 0.165 e. The molecule has 2 nitrogen and oxygen atoms in total. The Morgan fingerprint density at radius 2 is 1.53 bits per heavy atom. The number of aryl methyl sites for hydroxylation is 1. The van der Waals surface area contributed by atoms with Gasteiger partial charge in [0.05, 0.1) is 14.7 Å². The van der Waals surface area contributed by atoms with Crippen molar-refractivity contribution >= 4 is 8.07 Å². The van der Waals surface area contributed by atoms with Crippen molar-refractivity contribution in [3.05, 3.63) is 89.7 Å². The lowest BCUT2D eigenvalue weighted by Gasteiger charge is -2.22. The van der Waals surface area contributed by atoms with E-state index in [1.54, 1.807) is 0 Å². The van der Waals surface area contributed by atoms with Gasteiger partial charge in [0.2, 0.25) is 0 Å². The van der Waals surface area contributed by atoms with Crippen LogP contribution in [-0.2, 0) is 12.5 Å². The topological polar surface area (TPSA) is 18.5 Å².